The van der Waals surface area contributed by atoms with Crippen LogP contribution in [-0.2, 0) is 0 Å². The molecular weight excluding hydrogens is 280 g/mol. The average Bonchev–Trinajstić information content (AvgIpc) is 2.38. The van der Waals surface area contributed by atoms with Crippen LogP contribution in [0.2, 0.25) is 0 Å². The van der Waals surface area contributed by atoms with Crippen LogP contribution in [0.5, 0.6) is 0 Å². The molecule has 0 saturated heterocycles. The van der Waals surface area contributed by atoms with Crippen molar-refractivity contribution in [1.82, 2.24) is 0 Å². The molecule has 0 heterocycles. The number of unbranched alkanes of at least 4 members (excludes halogenated alkanes) is 13. The Morgan fingerprint density at radius 1 is 0.455 bits per heavy atom. The zero-order chi connectivity index (χ0) is 15.1. The summed E-state index contributed by atoms with van der Waals surface area (Å²) < 4.78 is 1.12. The summed E-state index contributed by atoms with van der Waals surface area (Å²) in [6.45, 7) is 3.63. The van der Waals surface area contributed by atoms with Gasteiger partial charge in [-0.2, -0.15) is 0 Å². The lowest BCUT2D eigenvalue weighted by atomic mass is 10.0. The third-order valence-corrected chi connectivity index (χ3v) is 4.18. The van der Waals surface area contributed by atoms with Gasteiger partial charge < -0.3 is 4.48 Å². The number of hydrogen-bond acceptors (Lipinski definition) is 0. The maximum absolute atomic E-state index is 2.29. The molecule has 0 saturated carbocycles. The van der Waals surface area contributed by atoms with Gasteiger partial charge in [0, 0.05) is 0 Å². The fourth-order valence-corrected chi connectivity index (χ4v) is 2.78. The number of quaternary nitrogens is 1. The second-order valence-electron chi connectivity index (χ2n) is 7.61. The first-order chi connectivity index (χ1) is 9.56. The van der Waals surface area contributed by atoms with Crippen molar-refractivity contribution in [3.05, 3.63) is 0 Å². The predicted octanol–water partition coefficient (Wildman–Crippen LogP) is 6.48. The Morgan fingerprint density at radius 3 is 1.00 bits per heavy atom. The molecule has 0 aromatic rings. The van der Waals surface area contributed by atoms with E-state index in [2.05, 4.69) is 28.1 Å². The Kier molecular flexibility index (Phi) is 22.9. The van der Waals surface area contributed by atoms with E-state index >= 15 is 0 Å². The molecule has 0 bridgehead atoms. The van der Waals surface area contributed by atoms with Crippen molar-refractivity contribution in [3.63, 3.8) is 0 Å². The second-order valence-corrected chi connectivity index (χ2v) is 7.61. The summed E-state index contributed by atoms with van der Waals surface area (Å²) in [5.41, 5.74) is 0. The molecule has 0 spiro atoms. The standard InChI is InChI=1S/C19H42N.2FH/c1-5-6-7-8-9-10-11-12-13-14-15-16-17-18-19-20(2,3)4;;/h5-19H2,1-4H3;2*1H/q+1;;. The first-order valence-corrected chi connectivity index (χ1v) is 9.36. The van der Waals surface area contributed by atoms with Crippen LogP contribution >= 0.6 is 0 Å². The highest BCUT2D eigenvalue weighted by atomic mass is 19.0. The molecule has 0 aliphatic heterocycles. The highest BCUT2D eigenvalue weighted by Gasteiger charge is 2.04. The van der Waals surface area contributed by atoms with Gasteiger partial charge in [-0.05, 0) is 12.8 Å². The topological polar surface area (TPSA) is 0 Å². The van der Waals surface area contributed by atoms with Gasteiger partial charge in [-0.15, -0.1) is 0 Å². The predicted molar refractivity (Wildman–Crippen MR) is 98.2 cm³/mol. The van der Waals surface area contributed by atoms with Crippen molar-refractivity contribution in [2.45, 2.75) is 96.8 Å². The van der Waals surface area contributed by atoms with Crippen molar-refractivity contribution in [1.29, 1.82) is 0 Å². The smallest absolute Gasteiger partial charge is 0.0780 e. The molecule has 0 unspecified atom stereocenters. The van der Waals surface area contributed by atoms with Crippen LogP contribution in [0.15, 0.2) is 0 Å². The van der Waals surface area contributed by atoms with Gasteiger partial charge in [-0.1, -0.05) is 84.0 Å². The van der Waals surface area contributed by atoms with Crippen molar-refractivity contribution >= 4 is 0 Å². The van der Waals surface area contributed by atoms with E-state index in [9.17, 15) is 0 Å². The van der Waals surface area contributed by atoms with Gasteiger partial charge in [-0.25, -0.2) is 0 Å². The van der Waals surface area contributed by atoms with Crippen molar-refractivity contribution in [2.75, 3.05) is 27.7 Å². The Bertz CT molecular complexity index is 190. The summed E-state index contributed by atoms with van der Waals surface area (Å²) in [5, 5.41) is 0. The molecule has 0 N–H and O–H groups in total. The van der Waals surface area contributed by atoms with Crippen molar-refractivity contribution < 1.29 is 13.9 Å². The first-order valence-electron chi connectivity index (χ1n) is 9.36. The SMILES string of the molecule is CCCCCCCCCCCCCCCC[N+](C)(C)C.F.F. The summed E-state index contributed by atoms with van der Waals surface area (Å²) in [5.74, 6) is 0. The second kappa shape index (κ2) is 18.9. The molecule has 138 valence electrons. The molecule has 3 heteroatoms. The number of hydrogen-bond donors (Lipinski definition) is 0. The van der Waals surface area contributed by atoms with E-state index in [0.29, 0.717) is 0 Å². The Hall–Kier alpha value is -0.180. The highest BCUT2D eigenvalue weighted by molar-refractivity contribution is 4.49. The van der Waals surface area contributed by atoms with Gasteiger partial charge in [-0.3, -0.25) is 9.41 Å². The Balaban J connectivity index is -0.00000180. The molecule has 22 heavy (non-hydrogen) atoms. The Morgan fingerprint density at radius 2 is 0.727 bits per heavy atom. The molecule has 0 aromatic carbocycles. The molecule has 0 atom stereocenters. The van der Waals surface area contributed by atoms with Gasteiger partial charge in [0.05, 0.1) is 27.7 Å². The number of halogens is 2. The van der Waals surface area contributed by atoms with Gasteiger partial charge in [0.15, 0.2) is 0 Å². The maximum Gasteiger partial charge on any atom is 0.0780 e. The van der Waals surface area contributed by atoms with Crippen LogP contribution < -0.4 is 0 Å². The molecule has 0 fully saturated rings. The number of rotatable bonds is 15. The Labute approximate surface area is 139 Å². The molecule has 0 aromatic heterocycles. The minimum Gasteiger partial charge on any atom is -0.331 e. The van der Waals surface area contributed by atoms with Crippen LogP contribution in [-0.4, -0.2) is 32.2 Å². The summed E-state index contributed by atoms with van der Waals surface area (Å²) >= 11 is 0. The molecule has 0 aliphatic rings. The normalized spacial score (nSPS) is 10.9. The molecule has 0 rings (SSSR count). The van der Waals surface area contributed by atoms with E-state index in [1.54, 1.807) is 0 Å². The molecule has 0 aliphatic carbocycles. The minimum absolute atomic E-state index is 0. The van der Waals surface area contributed by atoms with Crippen LogP contribution in [0, 0.1) is 0 Å². The summed E-state index contributed by atoms with van der Waals surface area (Å²) in [6.07, 6.45) is 20.4. The van der Waals surface area contributed by atoms with Gasteiger partial charge in [0.2, 0.25) is 0 Å². The van der Waals surface area contributed by atoms with Gasteiger partial charge in [0.25, 0.3) is 0 Å². The summed E-state index contributed by atoms with van der Waals surface area (Å²) in [4.78, 5) is 0. The number of nitrogens with zero attached hydrogens (tertiary/aromatic N) is 1. The van der Waals surface area contributed by atoms with Crippen LogP contribution in [0.3, 0.4) is 0 Å². The van der Waals surface area contributed by atoms with E-state index in [4.69, 9.17) is 0 Å². The summed E-state index contributed by atoms with van der Waals surface area (Å²) in [6, 6.07) is 0. The monoisotopic (exact) mass is 324 g/mol. The molecule has 0 amide bonds. The van der Waals surface area contributed by atoms with E-state index in [1.807, 2.05) is 0 Å². The third-order valence-electron chi connectivity index (χ3n) is 4.18. The molecule has 1 nitrogen and oxygen atoms in total. The van der Waals surface area contributed by atoms with E-state index < -0.39 is 0 Å². The largest absolute Gasteiger partial charge is 0.331 e. The van der Waals surface area contributed by atoms with E-state index in [-0.39, 0.29) is 9.41 Å². The van der Waals surface area contributed by atoms with Crippen molar-refractivity contribution in [2.24, 2.45) is 0 Å². The van der Waals surface area contributed by atoms with Crippen molar-refractivity contribution in [3.8, 4) is 0 Å². The first kappa shape index (κ1) is 26.7. The van der Waals surface area contributed by atoms with Gasteiger partial charge >= 0.3 is 0 Å². The van der Waals surface area contributed by atoms with Crippen LogP contribution in [0.25, 0.3) is 0 Å². The fourth-order valence-electron chi connectivity index (χ4n) is 2.78. The fraction of sp³-hybridized carbons (Fsp3) is 1.00. The third kappa shape index (κ3) is 24.8. The highest BCUT2D eigenvalue weighted by Crippen LogP contribution is 2.13. The minimum atomic E-state index is 0. The molecular formula is C19H44F2N+. The maximum atomic E-state index is 2.29. The lowest BCUT2D eigenvalue weighted by Crippen LogP contribution is -2.35. The zero-order valence-electron chi connectivity index (χ0n) is 15.9. The zero-order valence-corrected chi connectivity index (χ0v) is 15.9. The lowest BCUT2D eigenvalue weighted by Gasteiger charge is -2.23. The molecule has 0 radical (unpaired) electrons. The summed E-state index contributed by atoms with van der Waals surface area (Å²) in [7, 11) is 6.88. The van der Waals surface area contributed by atoms with Crippen LogP contribution in [0.4, 0.5) is 9.41 Å². The van der Waals surface area contributed by atoms with Crippen LogP contribution in [0.1, 0.15) is 96.8 Å². The quantitative estimate of drug-likeness (QED) is 0.239. The lowest BCUT2D eigenvalue weighted by molar-refractivity contribution is -0.870. The van der Waals surface area contributed by atoms with E-state index in [0.717, 1.165) is 4.48 Å². The van der Waals surface area contributed by atoms with E-state index in [1.165, 1.54) is 96.4 Å². The van der Waals surface area contributed by atoms with Gasteiger partial charge in [0.1, 0.15) is 0 Å². The average molecular weight is 325 g/mol.